The monoisotopic (exact) mass is 269 g/mol. The van der Waals surface area contributed by atoms with Gasteiger partial charge in [0.25, 0.3) is 5.91 Å². The van der Waals surface area contributed by atoms with Crippen LogP contribution in [-0.4, -0.2) is 23.0 Å². The number of rotatable bonds is 3. The number of benzene rings is 2. The molecule has 3 rings (SSSR count). The molecule has 0 saturated heterocycles. The lowest BCUT2D eigenvalue weighted by molar-refractivity contribution is 0.0814. The highest BCUT2D eigenvalue weighted by Crippen LogP contribution is 2.36. The average Bonchev–Trinajstić information content (AvgIpc) is 2.76. The molecule has 4 heteroatoms. The van der Waals surface area contributed by atoms with Crippen LogP contribution in [0.25, 0.3) is 0 Å². The van der Waals surface area contributed by atoms with Crippen LogP contribution in [0.2, 0.25) is 0 Å². The molecule has 1 aliphatic rings. The number of hydrogen-bond acceptors (Lipinski definition) is 3. The van der Waals surface area contributed by atoms with E-state index in [1.807, 2.05) is 30.3 Å². The molecule has 1 heterocycles. The highest BCUT2D eigenvalue weighted by atomic mass is 16.5. The van der Waals surface area contributed by atoms with Gasteiger partial charge in [-0.2, -0.15) is 0 Å². The van der Waals surface area contributed by atoms with Crippen molar-refractivity contribution in [3.05, 3.63) is 59.2 Å². The van der Waals surface area contributed by atoms with Crippen LogP contribution >= 0.6 is 0 Å². The van der Waals surface area contributed by atoms with E-state index in [0.717, 1.165) is 11.1 Å². The second-order valence-corrected chi connectivity index (χ2v) is 4.87. The lowest BCUT2D eigenvalue weighted by atomic mass is 10.1. The van der Waals surface area contributed by atoms with E-state index >= 15 is 0 Å². The minimum atomic E-state index is -0.164. The number of phenols is 1. The predicted octanol–water partition coefficient (Wildman–Crippen LogP) is 2.56. The Hall–Kier alpha value is -2.49. The van der Waals surface area contributed by atoms with Crippen LogP contribution in [0, 0.1) is 0 Å². The Morgan fingerprint density at radius 3 is 2.70 bits per heavy atom. The second-order valence-electron chi connectivity index (χ2n) is 4.87. The van der Waals surface area contributed by atoms with Crippen molar-refractivity contribution in [3.8, 4) is 11.5 Å². The molecule has 102 valence electrons. The van der Waals surface area contributed by atoms with Crippen LogP contribution in [0.15, 0.2) is 42.5 Å². The summed E-state index contributed by atoms with van der Waals surface area (Å²) in [5.74, 6) is 0.503. The molecule has 0 unspecified atom stereocenters. The van der Waals surface area contributed by atoms with Crippen molar-refractivity contribution in [2.75, 3.05) is 7.05 Å². The Labute approximate surface area is 117 Å². The third kappa shape index (κ3) is 2.09. The van der Waals surface area contributed by atoms with Gasteiger partial charge in [-0.05, 0) is 17.7 Å². The SMILES string of the molecule is CN1Cc2c(OCc3ccccc3)ccc(O)c2C1=O. The first-order valence-corrected chi connectivity index (χ1v) is 6.44. The molecule has 0 spiro atoms. The zero-order valence-electron chi connectivity index (χ0n) is 11.2. The smallest absolute Gasteiger partial charge is 0.258 e. The van der Waals surface area contributed by atoms with Crippen molar-refractivity contribution in [2.45, 2.75) is 13.2 Å². The van der Waals surface area contributed by atoms with Gasteiger partial charge in [0.05, 0.1) is 12.1 Å². The fourth-order valence-corrected chi connectivity index (χ4v) is 2.38. The maximum absolute atomic E-state index is 12.0. The minimum absolute atomic E-state index is 0.0152. The number of carbonyl (C=O) groups excluding carboxylic acids is 1. The van der Waals surface area contributed by atoms with Gasteiger partial charge in [-0.25, -0.2) is 0 Å². The maximum atomic E-state index is 12.0. The van der Waals surface area contributed by atoms with Crippen molar-refractivity contribution in [1.29, 1.82) is 0 Å². The molecule has 0 aliphatic carbocycles. The number of ether oxygens (including phenoxy) is 1. The summed E-state index contributed by atoms with van der Waals surface area (Å²) in [5, 5.41) is 9.83. The molecule has 1 aliphatic heterocycles. The van der Waals surface area contributed by atoms with E-state index in [2.05, 4.69) is 0 Å². The van der Waals surface area contributed by atoms with Gasteiger partial charge in [-0.3, -0.25) is 4.79 Å². The van der Waals surface area contributed by atoms with Crippen molar-refractivity contribution in [2.24, 2.45) is 0 Å². The third-order valence-corrected chi connectivity index (χ3v) is 3.44. The molecule has 0 fully saturated rings. The number of carbonyl (C=O) groups is 1. The van der Waals surface area contributed by atoms with Gasteiger partial charge in [0.1, 0.15) is 18.1 Å². The normalized spacial score (nSPS) is 13.4. The second kappa shape index (κ2) is 4.89. The maximum Gasteiger partial charge on any atom is 0.258 e. The van der Waals surface area contributed by atoms with Crippen LogP contribution in [0.5, 0.6) is 11.5 Å². The number of hydrogen-bond donors (Lipinski definition) is 1. The van der Waals surface area contributed by atoms with E-state index in [-0.39, 0.29) is 11.7 Å². The topological polar surface area (TPSA) is 49.8 Å². The van der Waals surface area contributed by atoms with Gasteiger partial charge in [-0.15, -0.1) is 0 Å². The van der Waals surface area contributed by atoms with E-state index in [0.29, 0.717) is 24.5 Å². The van der Waals surface area contributed by atoms with Gasteiger partial charge in [-0.1, -0.05) is 30.3 Å². The quantitative estimate of drug-likeness (QED) is 0.931. The first kappa shape index (κ1) is 12.5. The molecule has 0 atom stereocenters. The number of fused-ring (bicyclic) bond motifs is 1. The summed E-state index contributed by atoms with van der Waals surface area (Å²) in [6.45, 7) is 0.905. The van der Waals surface area contributed by atoms with Crippen LogP contribution in [0.1, 0.15) is 21.5 Å². The average molecular weight is 269 g/mol. The van der Waals surface area contributed by atoms with Gasteiger partial charge in [0, 0.05) is 12.6 Å². The number of nitrogens with zero attached hydrogens (tertiary/aromatic N) is 1. The first-order valence-electron chi connectivity index (χ1n) is 6.44. The summed E-state index contributed by atoms with van der Waals surface area (Å²) >= 11 is 0. The number of amides is 1. The highest BCUT2D eigenvalue weighted by Gasteiger charge is 2.30. The summed E-state index contributed by atoms with van der Waals surface area (Å²) in [7, 11) is 1.71. The molecule has 20 heavy (non-hydrogen) atoms. The highest BCUT2D eigenvalue weighted by molar-refractivity contribution is 6.01. The summed E-state index contributed by atoms with van der Waals surface area (Å²) in [4.78, 5) is 13.5. The Morgan fingerprint density at radius 1 is 1.20 bits per heavy atom. The van der Waals surface area contributed by atoms with E-state index in [1.165, 1.54) is 6.07 Å². The van der Waals surface area contributed by atoms with Crippen LogP contribution in [0.3, 0.4) is 0 Å². The van der Waals surface area contributed by atoms with Gasteiger partial charge >= 0.3 is 0 Å². The summed E-state index contributed by atoms with van der Waals surface area (Å²) in [5.41, 5.74) is 2.18. The molecule has 0 saturated carbocycles. The zero-order chi connectivity index (χ0) is 14.1. The molecule has 2 aromatic carbocycles. The molecule has 4 nitrogen and oxygen atoms in total. The molecular formula is C16H15NO3. The van der Waals surface area contributed by atoms with Crippen molar-refractivity contribution in [3.63, 3.8) is 0 Å². The van der Waals surface area contributed by atoms with Crippen molar-refractivity contribution in [1.82, 2.24) is 4.90 Å². The van der Waals surface area contributed by atoms with Gasteiger partial charge in [0.2, 0.25) is 0 Å². The summed E-state index contributed by atoms with van der Waals surface area (Å²) < 4.78 is 5.80. The largest absolute Gasteiger partial charge is 0.507 e. The van der Waals surface area contributed by atoms with Crippen molar-refractivity contribution >= 4 is 5.91 Å². The molecule has 0 bridgehead atoms. The molecule has 2 aromatic rings. The lowest BCUT2D eigenvalue weighted by Crippen LogP contribution is -2.17. The summed E-state index contributed by atoms with van der Waals surface area (Å²) in [6, 6.07) is 13.1. The van der Waals surface area contributed by atoms with Crippen LogP contribution in [-0.2, 0) is 13.2 Å². The standard InChI is InChI=1S/C16H15NO3/c1-17-9-12-14(8-7-13(18)15(12)16(17)19)20-10-11-5-3-2-4-6-11/h2-8,18H,9-10H2,1H3. The fourth-order valence-electron chi connectivity index (χ4n) is 2.38. The van der Waals surface area contributed by atoms with E-state index in [1.54, 1.807) is 18.0 Å². The first-order chi connectivity index (χ1) is 9.66. The number of aromatic hydroxyl groups is 1. The van der Waals surface area contributed by atoms with E-state index in [9.17, 15) is 9.90 Å². The predicted molar refractivity (Wildman–Crippen MR) is 74.7 cm³/mol. The van der Waals surface area contributed by atoms with Crippen molar-refractivity contribution < 1.29 is 14.6 Å². The summed E-state index contributed by atoms with van der Waals surface area (Å²) in [6.07, 6.45) is 0. The zero-order valence-corrected chi connectivity index (χ0v) is 11.2. The van der Waals surface area contributed by atoms with Crippen LogP contribution in [0.4, 0.5) is 0 Å². The van der Waals surface area contributed by atoms with Crippen LogP contribution < -0.4 is 4.74 Å². The Kier molecular flexibility index (Phi) is 3.06. The molecule has 1 amide bonds. The van der Waals surface area contributed by atoms with Gasteiger partial charge in [0.15, 0.2) is 0 Å². The lowest BCUT2D eigenvalue weighted by Gasteiger charge is -2.11. The molecule has 1 N–H and O–H groups in total. The number of phenolic OH excluding ortho intramolecular Hbond substituents is 1. The minimum Gasteiger partial charge on any atom is -0.507 e. The third-order valence-electron chi connectivity index (χ3n) is 3.44. The molecule has 0 radical (unpaired) electrons. The fraction of sp³-hybridized carbons (Fsp3) is 0.188. The Morgan fingerprint density at radius 2 is 1.95 bits per heavy atom. The van der Waals surface area contributed by atoms with Gasteiger partial charge < -0.3 is 14.7 Å². The van der Waals surface area contributed by atoms with E-state index < -0.39 is 0 Å². The van der Waals surface area contributed by atoms with E-state index in [4.69, 9.17) is 4.74 Å². The Balaban J connectivity index is 1.87. The molecular weight excluding hydrogens is 254 g/mol. The molecule has 0 aromatic heterocycles. The Bertz CT molecular complexity index is 652.